The lowest BCUT2D eigenvalue weighted by molar-refractivity contribution is -0.384. The fraction of sp³-hybridized carbons (Fsp3) is 0.167. The van der Waals surface area contributed by atoms with E-state index in [9.17, 15) is 19.7 Å². The highest BCUT2D eigenvalue weighted by atomic mass is 35.5. The summed E-state index contributed by atoms with van der Waals surface area (Å²) in [7, 11) is 1.52. The molecular formula is C24H18ClN3O6. The number of carbonyl (C=O) groups excluding carboxylic acids is 2. The van der Waals surface area contributed by atoms with Crippen LogP contribution in [-0.2, 0) is 14.4 Å². The normalized spacial score (nSPS) is 21.6. The van der Waals surface area contributed by atoms with Crippen molar-refractivity contribution in [2.45, 2.75) is 12.1 Å². The molecule has 0 aromatic heterocycles. The summed E-state index contributed by atoms with van der Waals surface area (Å²) >= 11 is 6.02. The van der Waals surface area contributed by atoms with Gasteiger partial charge in [0.2, 0.25) is 5.91 Å². The number of carbonyl (C=O) groups is 2. The number of amides is 2. The number of hydrogen-bond acceptors (Lipinski definition) is 7. The van der Waals surface area contributed by atoms with Crippen LogP contribution in [0.4, 0.5) is 17.1 Å². The molecule has 2 aliphatic heterocycles. The highest BCUT2D eigenvalue weighted by Crippen LogP contribution is 2.48. The van der Waals surface area contributed by atoms with E-state index in [2.05, 4.69) is 0 Å². The number of ether oxygens (including phenoxy) is 1. The average Bonchev–Trinajstić information content (AvgIpc) is 3.35. The minimum atomic E-state index is -1.09. The van der Waals surface area contributed by atoms with E-state index in [1.165, 1.54) is 24.3 Å². The molecule has 0 radical (unpaired) electrons. The van der Waals surface area contributed by atoms with Gasteiger partial charge in [-0.2, -0.15) is 0 Å². The van der Waals surface area contributed by atoms with Gasteiger partial charge in [0, 0.05) is 17.2 Å². The number of methoxy groups -OCH3 is 1. The van der Waals surface area contributed by atoms with Crippen LogP contribution in [0.15, 0.2) is 72.8 Å². The smallest absolute Gasteiger partial charge is 0.269 e. The van der Waals surface area contributed by atoms with Crippen LogP contribution in [0.3, 0.4) is 0 Å². The first-order valence-corrected chi connectivity index (χ1v) is 10.7. The lowest BCUT2D eigenvalue weighted by Gasteiger charge is -2.28. The summed E-state index contributed by atoms with van der Waals surface area (Å²) in [4.78, 5) is 45.0. The zero-order chi connectivity index (χ0) is 24.0. The van der Waals surface area contributed by atoms with Gasteiger partial charge in [0.05, 0.1) is 29.4 Å². The number of benzene rings is 3. The average molecular weight is 480 g/mol. The molecule has 0 unspecified atom stereocenters. The number of nitro benzene ring substituents is 1. The molecule has 34 heavy (non-hydrogen) atoms. The van der Waals surface area contributed by atoms with Crippen molar-refractivity contribution in [1.29, 1.82) is 0 Å². The van der Waals surface area contributed by atoms with Gasteiger partial charge in [0.25, 0.3) is 11.6 Å². The molecule has 3 aromatic rings. The van der Waals surface area contributed by atoms with E-state index < -0.39 is 34.8 Å². The van der Waals surface area contributed by atoms with Crippen LogP contribution in [0.5, 0.6) is 5.75 Å². The second-order valence-electron chi connectivity index (χ2n) is 7.86. The van der Waals surface area contributed by atoms with E-state index >= 15 is 0 Å². The SMILES string of the molecule is COc1ccc(N2C(=O)[C@@H]3[C@@H](ON(c4ccc(Cl)cc4)[C@H]3c3cccc([N+](=O)[O-])c3)C2=O)cc1. The third-order valence-electron chi connectivity index (χ3n) is 5.95. The van der Waals surface area contributed by atoms with E-state index in [0.717, 1.165) is 4.90 Å². The molecule has 0 bridgehead atoms. The molecule has 3 atom stereocenters. The molecule has 2 heterocycles. The number of halogens is 1. The number of anilines is 2. The second-order valence-corrected chi connectivity index (χ2v) is 8.30. The fourth-order valence-corrected chi connectivity index (χ4v) is 4.50. The van der Waals surface area contributed by atoms with Gasteiger partial charge in [-0.25, -0.2) is 9.96 Å². The fourth-order valence-electron chi connectivity index (χ4n) is 4.37. The van der Waals surface area contributed by atoms with Crippen molar-refractivity contribution in [2.75, 3.05) is 17.1 Å². The Balaban J connectivity index is 1.58. The minimum Gasteiger partial charge on any atom is -0.497 e. The van der Waals surface area contributed by atoms with Crippen molar-refractivity contribution in [1.82, 2.24) is 0 Å². The summed E-state index contributed by atoms with van der Waals surface area (Å²) in [6.07, 6.45) is -1.09. The van der Waals surface area contributed by atoms with Crippen molar-refractivity contribution < 1.29 is 24.1 Å². The topological polar surface area (TPSA) is 102 Å². The van der Waals surface area contributed by atoms with E-state index in [1.807, 2.05) is 0 Å². The molecule has 0 N–H and O–H groups in total. The van der Waals surface area contributed by atoms with Crippen molar-refractivity contribution in [3.63, 3.8) is 0 Å². The summed E-state index contributed by atoms with van der Waals surface area (Å²) in [6.45, 7) is 0. The van der Waals surface area contributed by atoms with Gasteiger partial charge >= 0.3 is 0 Å². The Kier molecular flexibility index (Phi) is 5.43. The van der Waals surface area contributed by atoms with Crippen LogP contribution in [-0.4, -0.2) is 30.0 Å². The van der Waals surface area contributed by atoms with E-state index in [1.54, 1.807) is 60.7 Å². The highest BCUT2D eigenvalue weighted by Gasteiger charge is 2.60. The largest absolute Gasteiger partial charge is 0.497 e. The quantitative estimate of drug-likeness (QED) is 0.305. The minimum absolute atomic E-state index is 0.124. The predicted octanol–water partition coefficient (Wildman–Crippen LogP) is 4.31. The number of non-ortho nitro benzene ring substituents is 1. The molecule has 2 amide bonds. The molecule has 2 fully saturated rings. The van der Waals surface area contributed by atoms with Crippen molar-refractivity contribution >= 4 is 40.5 Å². The summed E-state index contributed by atoms with van der Waals surface area (Å²) in [5, 5.41) is 13.4. The molecule has 10 heteroatoms. The van der Waals surface area contributed by atoms with Gasteiger partial charge in [-0.05, 0) is 54.1 Å². The van der Waals surface area contributed by atoms with Crippen LogP contribution >= 0.6 is 11.6 Å². The molecule has 2 saturated heterocycles. The number of hydroxylamine groups is 1. The Bertz CT molecular complexity index is 1280. The van der Waals surface area contributed by atoms with Gasteiger partial charge in [0.15, 0.2) is 6.10 Å². The predicted molar refractivity (Wildman–Crippen MR) is 124 cm³/mol. The molecule has 9 nitrogen and oxygen atoms in total. The first-order chi connectivity index (χ1) is 16.4. The maximum absolute atomic E-state index is 13.6. The van der Waals surface area contributed by atoms with E-state index in [4.69, 9.17) is 21.2 Å². The molecule has 172 valence electrons. The van der Waals surface area contributed by atoms with E-state index in [0.29, 0.717) is 27.7 Å². The van der Waals surface area contributed by atoms with Crippen LogP contribution in [0.25, 0.3) is 0 Å². The maximum Gasteiger partial charge on any atom is 0.269 e. The zero-order valence-electron chi connectivity index (χ0n) is 17.8. The second kappa shape index (κ2) is 8.44. The van der Waals surface area contributed by atoms with Gasteiger partial charge in [-0.3, -0.25) is 24.5 Å². The molecule has 0 aliphatic carbocycles. The van der Waals surface area contributed by atoms with Crippen LogP contribution < -0.4 is 14.7 Å². The molecule has 5 rings (SSSR count). The summed E-state index contributed by atoms with van der Waals surface area (Å²) < 4.78 is 5.15. The van der Waals surface area contributed by atoms with Gasteiger partial charge in [-0.15, -0.1) is 0 Å². The van der Waals surface area contributed by atoms with Crippen molar-refractivity contribution in [2.24, 2.45) is 5.92 Å². The number of nitrogens with zero attached hydrogens (tertiary/aromatic N) is 3. The van der Waals surface area contributed by atoms with Gasteiger partial charge in [-0.1, -0.05) is 23.7 Å². The van der Waals surface area contributed by atoms with Crippen LogP contribution in [0.2, 0.25) is 5.02 Å². The van der Waals surface area contributed by atoms with Gasteiger partial charge < -0.3 is 4.74 Å². The van der Waals surface area contributed by atoms with E-state index in [-0.39, 0.29) is 5.69 Å². The van der Waals surface area contributed by atoms with Crippen LogP contribution in [0.1, 0.15) is 11.6 Å². The lowest BCUT2D eigenvalue weighted by Crippen LogP contribution is -2.37. The Labute approximate surface area is 199 Å². The Hall–Kier alpha value is -3.95. The highest BCUT2D eigenvalue weighted by molar-refractivity contribution is 6.30. The molecule has 0 saturated carbocycles. The number of imide groups is 1. The summed E-state index contributed by atoms with van der Waals surface area (Å²) in [5.74, 6) is -1.28. The summed E-state index contributed by atoms with van der Waals surface area (Å²) in [6, 6.07) is 18.5. The number of fused-ring (bicyclic) bond motifs is 1. The lowest BCUT2D eigenvalue weighted by atomic mass is 9.90. The Morgan fingerprint density at radius 1 is 0.971 bits per heavy atom. The number of nitro groups is 1. The maximum atomic E-state index is 13.6. The van der Waals surface area contributed by atoms with Crippen LogP contribution in [0, 0.1) is 16.0 Å². The zero-order valence-corrected chi connectivity index (χ0v) is 18.6. The third-order valence-corrected chi connectivity index (χ3v) is 6.20. The standard InChI is InChI=1S/C24H18ClN3O6/c1-33-19-11-9-16(10-12-19)26-23(29)20-21(14-3-2-4-18(13-14)28(31)32)27(34-22(20)24(26)30)17-7-5-15(25)6-8-17/h2-13,20-22H,1H3/t20-,21-,22+/m0/s1. The Morgan fingerprint density at radius 3 is 2.29 bits per heavy atom. The number of rotatable bonds is 5. The van der Waals surface area contributed by atoms with Crippen molar-refractivity contribution in [3.8, 4) is 5.75 Å². The van der Waals surface area contributed by atoms with Gasteiger partial charge in [0.1, 0.15) is 11.7 Å². The summed E-state index contributed by atoms with van der Waals surface area (Å²) in [5.41, 5.74) is 1.31. The monoisotopic (exact) mass is 479 g/mol. The first kappa shape index (κ1) is 21.9. The number of hydrogen-bond donors (Lipinski definition) is 0. The third kappa shape index (κ3) is 3.55. The van der Waals surface area contributed by atoms with Crippen molar-refractivity contribution in [3.05, 3.63) is 93.5 Å². The molecule has 0 spiro atoms. The molecule has 2 aliphatic rings. The first-order valence-electron chi connectivity index (χ1n) is 10.4. The molecule has 3 aromatic carbocycles. The molecular weight excluding hydrogens is 462 g/mol. The Morgan fingerprint density at radius 2 is 1.65 bits per heavy atom.